The molecular formula is C13H15BrN2O. The smallest absolute Gasteiger partial charge is 0.122 e. The van der Waals surface area contributed by atoms with Crippen LogP contribution in [0.3, 0.4) is 0 Å². The predicted molar refractivity (Wildman–Crippen MR) is 72.4 cm³/mol. The molecule has 3 nitrogen and oxygen atoms in total. The summed E-state index contributed by atoms with van der Waals surface area (Å²) in [5.41, 5.74) is 3.21. The molecule has 0 aliphatic heterocycles. The van der Waals surface area contributed by atoms with Crippen molar-refractivity contribution >= 4 is 15.9 Å². The summed E-state index contributed by atoms with van der Waals surface area (Å²) in [5.74, 6) is 1.35. The van der Waals surface area contributed by atoms with Crippen LogP contribution in [-0.4, -0.2) is 17.1 Å². The molecule has 1 aromatic heterocycles. The molecule has 0 radical (unpaired) electrons. The van der Waals surface area contributed by atoms with Crippen LogP contribution in [0.2, 0.25) is 0 Å². The van der Waals surface area contributed by atoms with Crippen LogP contribution in [0.5, 0.6) is 5.75 Å². The largest absolute Gasteiger partial charge is 0.496 e. The minimum absolute atomic E-state index is 0.419. The summed E-state index contributed by atoms with van der Waals surface area (Å²) in [6.45, 7) is 4.31. The lowest BCUT2D eigenvalue weighted by Crippen LogP contribution is -1.95. The number of halogens is 1. The fourth-order valence-corrected chi connectivity index (χ4v) is 2.25. The molecule has 1 heterocycles. The average molecular weight is 295 g/mol. The van der Waals surface area contributed by atoms with E-state index in [4.69, 9.17) is 4.74 Å². The first kappa shape index (κ1) is 12.2. The maximum atomic E-state index is 5.37. The minimum Gasteiger partial charge on any atom is -0.496 e. The molecule has 2 aromatic rings. The fraction of sp³-hybridized carbons (Fsp3) is 0.308. The number of imidazole rings is 1. The fourth-order valence-electron chi connectivity index (χ4n) is 1.81. The van der Waals surface area contributed by atoms with Gasteiger partial charge in [0.05, 0.1) is 13.4 Å². The van der Waals surface area contributed by atoms with E-state index in [-0.39, 0.29) is 0 Å². The van der Waals surface area contributed by atoms with Crippen molar-refractivity contribution in [1.82, 2.24) is 9.97 Å². The number of rotatable bonds is 3. The molecule has 2 rings (SSSR count). The van der Waals surface area contributed by atoms with Gasteiger partial charge in [-0.1, -0.05) is 13.8 Å². The first-order valence-electron chi connectivity index (χ1n) is 5.50. The molecule has 0 fully saturated rings. The highest BCUT2D eigenvalue weighted by molar-refractivity contribution is 9.10. The maximum absolute atomic E-state index is 5.37. The van der Waals surface area contributed by atoms with E-state index in [2.05, 4.69) is 45.8 Å². The minimum atomic E-state index is 0.419. The van der Waals surface area contributed by atoms with Gasteiger partial charge in [0, 0.05) is 5.56 Å². The number of ether oxygens (including phenoxy) is 1. The SMILES string of the molecule is COc1ccc(-c2nc[nH]c2Br)cc1C(C)C. The number of hydrogen-bond donors (Lipinski definition) is 1. The second kappa shape index (κ2) is 4.92. The van der Waals surface area contributed by atoms with Crippen molar-refractivity contribution in [2.24, 2.45) is 0 Å². The van der Waals surface area contributed by atoms with Crippen LogP contribution in [0, 0.1) is 0 Å². The summed E-state index contributed by atoms with van der Waals surface area (Å²) in [6, 6.07) is 6.14. The second-order valence-corrected chi connectivity index (χ2v) is 4.97. The molecule has 4 heteroatoms. The van der Waals surface area contributed by atoms with E-state index in [9.17, 15) is 0 Å². The van der Waals surface area contributed by atoms with Gasteiger partial charge >= 0.3 is 0 Å². The molecule has 0 atom stereocenters. The Hall–Kier alpha value is -1.29. The van der Waals surface area contributed by atoms with Crippen LogP contribution in [0.15, 0.2) is 29.1 Å². The number of aromatic nitrogens is 2. The number of hydrogen-bond acceptors (Lipinski definition) is 2. The Labute approximate surface area is 109 Å². The quantitative estimate of drug-likeness (QED) is 0.930. The van der Waals surface area contributed by atoms with Crippen LogP contribution < -0.4 is 4.74 Å². The van der Waals surface area contributed by atoms with Gasteiger partial charge in [-0.25, -0.2) is 4.98 Å². The summed E-state index contributed by atoms with van der Waals surface area (Å²) >= 11 is 3.45. The van der Waals surface area contributed by atoms with Crippen LogP contribution in [0.25, 0.3) is 11.3 Å². The molecule has 0 amide bonds. The molecular weight excluding hydrogens is 280 g/mol. The van der Waals surface area contributed by atoms with Gasteiger partial charge in [-0.3, -0.25) is 0 Å². The van der Waals surface area contributed by atoms with E-state index >= 15 is 0 Å². The van der Waals surface area contributed by atoms with Crippen molar-refractivity contribution in [1.29, 1.82) is 0 Å². The lowest BCUT2D eigenvalue weighted by molar-refractivity contribution is 0.407. The number of methoxy groups -OCH3 is 1. The van der Waals surface area contributed by atoms with Gasteiger partial charge in [-0.15, -0.1) is 0 Å². The third-order valence-electron chi connectivity index (χ3n) is 2.72. The van der Waals surface area contributed by atoms with Gasteiger partial charge in [-0.2, -0.15) is 0 Å². The van der Waals surface area contributed by atoms with Gasteiger partial charge in [0.25, 0.3) is 0 Å². The van der Waals surface area contributed by atoms with Crippen molar-refractivity contribution < 1.29 is 4.74 Å². The summed E-state index contributed by atoms with van der Waals surface area (Å²) in [5, 5.41) is 0. The Balaban J connectivity index is 2.51. The monoisotopic (exact) mass is 294 g/mol. The number of benzene rings is 1. The van der Waals surface area contributed by atoms with E-state index < -0.39 is 0 Å². The van der Waals surface area contributed by atoms with Gasteiger partial charge < -0.3 is 9.72 Å². The Morgan fingerprint density at radius 3 is 2.65 bits per heavy atom. The molecule has 0 spiro atoms. The Morgan fingerprint density at radius 2 is 2.12 bits per heavy atom. The lowest BCUT2D eigenvalue weighted by atomic mass is 9.98. The highest BCUT2D eigenvalue weighted by atomic mass is 79.9. The van der Waals surface area contributed by atoms with E-state index in [1.807, 2.05) is 12.1 Å². The summed E-state index contributed by atoms with van der Waals surface area (Å²) in [6.07, 6.45) is 1.68. The summed E-state index contributed by atoms with van der Waals surface area (Å²) in [7, 11) is 1.70. The zero-order chi connectivity index (χ0) is 12.4. The van der Waals surface area contributed by atoms with E-state index in [0.29, 0.717) is 5.92 Å². The number of nitrogens with zero attached hydrogens (tertiary/aromatic N) is 1. The van der Waals surface area contributed by atoms with Crippen molar-refractivity contribution in [3.05, 3.63) is 34.7 Å². The third kappa shape index (κ3) is 2.36. The number of H-pyrrole nitrogens is 1. The number of nitrogens with one attached hydrogen (secondary N) is 1. The zero-order valence-corrected chi connectivity index (χ0v) is 11.7. The lowest BCUT2D eigenvalue weighted by Gasteiger charge is -2.13. The predicted octanol–water partition coefficient (Wildman–Crippen LogP) is 3.97. The molecule has 0 saturated heterocycles. The van der Waals surface area contributed by atoms with Crippen LogP contribution in [0.4, 0.5) is 0 Å². The van der Waals surface area contributed by atoms with Gasteiger partial charge in [0.2, 0.25) is 0 Å². The van der Waals surface area contributed by atoms with Crippen molar-refractivity contribution in [2.75, 3.05) is 7.11 Å². The topological polar surface area (TPSA) is 37.9 Å². The average Bonchev–Trinajstić information content (AvgIpc) is 2.74. The molecule has 1 aromatic carbocycles. The van der Waals surface area contributed by atoms with Gasteiger partial charge in [0.15, 0.2) is 0 Å². The van der Waals surface area contributed by atoms with Crippen molar-refractivity contribution in [3.8, 4) is 17.0 Å². The zero-order valence-electron chi connectivity index (χ0n) is 10.1. The highest BCUT2D eigenvalue weighted by Crippen LogP contribution is 2.32. The Morgan fingerprint density at radius 1 is 1.35 bits per heavy atom. The third-order valence-corrected chi connectivity index (χ3v) is 3.32. The molecule has 1 N–H and O–H groups in total. The van der Waals surface area contributed by atoms with E-state index in [0.717, 1.165) is 21.6 Å². The molecule has 0 bridgehead atoms. The first-order chi connectivity index (χ1) is 8.13. The van der Waals surface area contributed by atoms with E-state index in [1.54, 1.807) is 13.4 Å². The standard InChI is InChI=1S/C13H15BrN2O/c1-8(2)10-6-9(4-5-11(10)17-3)12-13(14)16-7-15-12/h4-8H,1-3H3,(H,15,16). The number of aromatic amines is 1. The molecule has 0 aliphatic rings. The van der Waals surface area contributed by atoms with Crippen molar-refractivity contribution in [3.63, 3.8) is 0 Å². The molecule has 17 heavy (non-hydrogen) atoms. The van der Waals surface area contributed by atoms with E-state index in [1.165, 1.54) is 5.56 Å². The van der Waals surface area contributed by atoms with Gasteiger partial charge in [-0.05, 0) is 45.6 Å². The van der Waals surface area contributed by atoms with Gasteiger partial charge in [0.1, 0.15) is 16.0 Å². The first-order valence-corrected chi connectivity index (χ1v) is 6.30. The molecule has 0 saturated carbocycles. The van der Waals surface area contributed by atoms with Crippen LogP contribution >= 0.6 is 15.9 Å². The summed E-state index contributed by atoms with van der Waals surface area (Å²) in [4.78, 5) is 7.32. The second-order valence-electron chi connectivity index (χ2n) is 4.18. The van der Waals surface area contributed by atoms with Crippen LogP contribution in [0.1, 0.15) is 25.3 Å². The Bertz CT molecular complexity index is 520. The maximum Gasteiger partial charge on any atom is 0.122 e. The van der Waals surface area contributed by atoms with Crippen molar-refractivity contribution in [2.45, 2.75) is 19.8 Å². The molecule has 90 valence electrons. The molecule has 0 aliphatic carbocycles. The Kier molecular flexibility index (Phi) is 3.52. The highest BCUT2D eigenvalue weighted by Gasteiger charge is 2.12. The summed E-state index contributed by atoms with van der Waals surface area (Å²) < 4.78 is 6.27. The normalized spacial score (nSPS) is 10.9. The van der Waals surface area contributed by atoms with Crippen LogP contribution in [-0.2, 0) is 0 Å². The molecule has 0 unspecified atom stereocenters.